The van der Waals surface area contributed by atoms with E-state index in [0.29, 0.717) is 10.0 Å². The molecule has 0 saturated heterocycles. The number of imidazole rings is 1. The van der Waals surface area contributed by atoms with Gasteiger partial charge in [0, 0.05) is 34.9 Å². The van der Waals surface area contributed by atoms with Crippen molar-refractivity contribution in [1.29, 1.82) is 0 Å². The number of likely N-dealkylation sites (N-methyl/N-ethyl adjacent to an activating group) is 1. The summed E-state index contributed by atoms with van der Waals surface area (Å²) in [6, 6.07) is 5.71. The van der Waals surface area contributed by atoms with Gasteiger partial charge in [0.2, 0.25) is 0 Å². The van der Waals surface area contributed by atoms with Crippen molar-refractivity contribution in [3.8, 4) is 0 Å². The third-order valence-corrected chi connectivity index (χ3v) is 3.30. The molecular weight excluding hydrogens is 269 g/mol. The third-order valence-electron chi connectivity index (χ3n) is 2.74. The lowest BCUT2D eigenvalue weighted by atomic mass is 10.0. The molecule has 0 radical (unpaired) electrons. The summed E-state index contributed by atoms with van der Waals surface area (Å²) in [6.07, 6.45) is 4.34. The molecule has 2 N–H and O–H groups in total. The second-order valence-corrected chi connectivity index (χ2v) is 4.86. The molecule has 18 heavy (non-hydrogen) atoms. The summed E-state index contributed by atoms with van der Waals surface area (Å²) < 4.78 is 0. The summed E-state index contributed by atoms with van der Waals surface area (Å²) in [7, 11) is 0. The Morgan fingerprint density at radius 1 is 1.39 bits per heavy atom. The van der Waals surface area contributed by atoms with Gasteiger partial charge in [-0.1, -0.05) is 36.2 Å². The first-order valence-corrected chi connectivity index (χ1v) is 6.63. The van der Waals surface area contributed by atoms with Crippen LogP contribution in [0.15, 0.2) is 30.6 Å². The highest BCUT2D eigenvalue weighted by atomic mass is 35.5. The van der Waals surface area contributed by atoms with Gasteiger partial charge in [-0.05, 0) is 24.2 Å². The number of nitrogens with zero attached hydrogens (tertiary/aromatic N) is 1. The van der Waals surface area contributed by atoms with Crippen molar-refractivity contribution in [3.05, 3.63) is 52.0 Å². The van der Waals surface area contributed by atoms with Gasteiger partial charge in [0.1, 0.15) is 5.82 Å². The molecule has 0 aliphatic carbocycles. The van der Waals surface area contributed by atoms with Crippen LogP contribution in [0.4, 0.5) is 0 Å². The predicted molar refractivity (Wildman–Crippen MR) is 75.2 cm³/mol. The van der Waals surface area contributed by atoms with Gasteiger partial charge in [0.15, 0.2) is 0 Å². The number of nitrogens with one attached hydrogen (secondary N) is 2. The third kappa shape index (κ3) is 3.25. The van der Waals surface area contributed by atoms with E-state index in [4.69, 9.17) is 23.2 Å². The maximum Gasteiger partial charge on any atom is 0.107 e. The fourth-order valence-electron chi connectivity index (χ4n) is 1.93. The molecular formula is C13H15Cl2N3. The van der Waals surface area contributed by atoms with Crippen molar-refractivity contribution in [2.45, 2.75) is 19.4 Å². The van der Waals surface area contributed by atoms with E-state index < -0.39 is 0 Å². The second kappa shape index (κ2) is 6.23. The Kier molecular flexibility index (Phi) is 4.64. The molecule has 3 nitrogen and oxygen atoms in total. The number of H-pyrrole nitrogens is 1. The summed E-state index contributed by atoms with van der Waals surface area (Å²) in [5, 5.41) is 4.74. The molecule has 1 aromatic carbocycles. The lowest BCUT2D eigenvalue weighted by molar-refractivity contribution is 0.539. The van der Waals surface area contributed by atoms with Gasteiger partial charge in [-0.25, -0.2) is 4.98 Å². The van der Waals surface area contributed by atoms with Crippen LogP contribution in [-0.4, -0.2) is 16.5 Å². The molecule has 5 heteroatoms. The Bertz CT molecular complexity index is 497. The van der Waals surface area contributed by atoms with Crippen molar-refractivity contribution in [2.24, 2.45) is 0 Å². The van der Waals surface area contributed by atoms with Gasteiger partial charge in [0.25, 0.3) is 0 Å². The maximum absolute atomic E-state index is 6.25. The van der Waals surface area contributed by atoms with Crippen LogP contribution in [0.25, 0.3) is 0 Å². The van der Waals surface area contributed by atoms with E-state index in [1.54, 1.807) is 12.3 Å². The molecule has 0 fully saturated rings. The lowest BCUT2D eigenvalue weighted by Crippen LogP contribution is -2.23. The molecule has 0 spiro atoms. The molecule has 96 valence electrons. The summed E-state index contributed by atoms with van der Waals surface area (Å²) in [5.74, 6) is 0.937. The Hall–Kier alpha value is -1.03. The zero-order valence-electron chi connectivity index (χ0n) is 10.1. The zero-order valence-corrected chi connectivity index (χ0v) is 11.6. The van der Waals surface area contributed by atoms with E-state index >= 15 is 0 Å². The molecule has 1 unspecified atom stereocenters. The van der Waals surface area contributed by atoms with Crippen LogP contribution in [0, 0.1) is 0 Å². The quantitative estimate of drug-likeness (QED) is 0.880. The monoisotopic (exact) mass is 283 g/mol. The van der Waals surface area contributed by atoms with E-state index in [1.165, 1.54) is 0 Å². The fourth-order valence-corrected chi connectivity index (χ4v) is 2.47. The fraction of sp³-hybridized carbons (Fsp3) is 0.308. The number of aromatic amines is 1. The molecule has 0 amide bonds. The smallest absolute Gasteiger partial charge is 0.107 e. The summed E-state index contributed by atoms with van der Waals surface area (Å²) in [4.78, 5) is 7.35. The number of rotatable bonds is 5. The summed E-state index contributed by atoms with van der Waals surface area (Å²) in [6.45, 7) is 2.93. The largest absolute Gasteiger partial charge is 0.349 e. The molecule has 0 aliphatic heterocycles. The second-order valence-electron chi connectivity index (χ2n) is 4.02. The van der Waals surface area contributed by atoms with Crippen molar-refractivity contribution in [2.75, 3.05) is 6.54 Å². The van der Waals surface area contributed by atoms with Crippen molar-refractivity contribution in [1.82, 2.24) is 15.3 Å². The van der Waals surface area contributed by atoms with Crippen molar-refractivity contribution >= 4 is 23.2 Å². The van der Waals surface area contributed by atoms with Crippen LogP contribution in [0.1, 0.15) is 24.4 Å². The van der Waals surface area contributed by atoms with E-state index in [1.807, 2.05) is 18.3 Å². The van der Waals surface area contributed by atoms with Gasteiger partial charge in [-0.3, -0.25) is 0 Å². The van der Waals surface area contributed by atoms with Crippen LogP contribution in [-0.2, 0) is 6.42 Å². The number of hydrogen-bond donors (Lipinski definition) is 2. The number of benzene rings is 1. The molecule has 0 bridgehead atoms. The van der Waals surface area contributed by atoms with Crippen LogP contribution in [0.2, 0.25) is 10.0 Å². The first kappa shape index (κ1) is 13.4. The Balaban J connectivity index is 2.23. The minimum atomic E-state index is 0.130. The highest BCUT2D eigenvalue weighted by Crippen LogP contribution is 2.27. The predicted octanol–water partition coefficient (Wildman–Crippen LogP) is 3.61. The molecule has 1 aromatic heterocycles. The van der Waals surface area contributed by atoms with Gasteiger partial charge < -0.3 is 10.3 Å². The SMILES string of the molecule is CCNC(Cc1ncc[nH]1)c1ccc(Cl)cc1Cl. The molecule has 2 aromatic rings. The summed E-state index contributed by atoms with van der Waals surface area (Å²) in [5.41, 5.74) is 1.04. The maximum atomic E-state index is 6.25. The number of hydrogen-bond acceptors (Lipinski definition) is 2. The van der Waals surface area contributed by atoms with E-state index in [0.717, 1.165) is 24.4 Å². The normalized spacial score (nSPS) is 12.6. The van der Waals surface area contributed by atoms with Crippen molar-refractivity contribution in [3.63, 3.8) is 0 Å². The van der Waals surface area contributed by atoms with Crippen LogP contribution in [0.5, 0.6) is 0 Å². The molecule has 2 rings (SSSR count). The van der Waals surface area contributed by atoms with Crippen molar-refractivity contribution < 1.29 is 0 Å². The number of aromatic nitrogens is 2. The average Bonchev–Trinajstić information content (AvgIpc) is 2.81. The van der Waals surface area contributed by atoms with E-state index in [2.05, 4.69) is 22.2 Å². The standard InChI is InChI=1S/C13H15Cl2N3/c1-2-16-12(8-13-17-5-6-18-13)10-4-3-9(14)7-11(10)15/h3-7,12,16H,2,8H2,1H3,(H,17,18). The van der Waals surface area contributed by atoms with E-state index in [-0.39, 0.29) is 6.04 Å². The Labute approximate surface area is 117 Å². The minimum Gasteiger partial charge on any atom is -0.349 e. The zero-order chi connectivity index (χ0) is 13.0. The average molecular weight is 284 g/mol. The van der Waals surface area contributed by atoms with Crippen LogP contribution < -0.4 is 5.32 Å². The first-order valence-electron chi connectivity index (χ1n) is 5.87. The van der Waals surface area contributed by atoms with Crippen LogP contribution >= 0.6 is 23.2 Å². The highest BCUT2D eigenvalue weighted by molar-refractivity contribution is 6.35. The van der Waals surface area contributed by atoms with Gasteiger partial charge in [-0.2, -0.15) is 0 Å². The van der Waals surface area contributed by atoms with Gasteiger partial charge in [0.05, 0.1) is 0 Å². The summed E-state index contributed by atoms with van der Waals surface area (Å²) >= 11 is 12.2. The molecule has 0 aliphatic rings. The Morgan fingerprint density at radius 3 is 2.83 bits per heavy atom. The first-order chi connectivity index (χ1) is 8.70. The number of halogens is 2. The van der Waals surface area contributed by atoms with Gasteiger partial charge >= 0.3 is 0 Å². The molecule has 1 heterocycles. The van der Waals surface area contributed by atoms with E-state index in [9.17, 15) is 0 Å². The topological polar surface area (TPSA) is 40.7 Å². The minimum absolute atomic E-state index is 0.130. The highest BCUT2D eigenvalue weighted by Gasteiger charge is 2.15. The van der Waals surface area contributed by atoms with Crippen LogP contribution in [0.3, 0.4) is 0 Å². The van der Waals surface area contributed by atoms with Gasteiger partial charge in [-0.15, -0.1) is 0 Å². The Morgan fingerprint density at radius 2 is 2.22 bits per heavy atom. The lowest BCUT2D eigenvalue weighted by Gasteiger charge is -2.18. The molecule has 1 atom stereocenters. The molecule has 0 saturated carbocycles.